The van der Waals surface area contributed by atoms with E-state index in [4.69, 9.17) is 9.63 Å². The molecule has 0 fully saturated rings. The van der Waals surface area contributed by atoms with Crippen molar-refractivity contribution >= 4 is 5.97 Å². The summed E-state index contributed by atoms with van der Waals surface area (Å²) in [4.78, 5) is 17.1. The molecule has 1 aromatic rings. The van der Waals surface area contributed by atoms with E-state index in [1.165, 1.54) is 0 Å². The Kier molecular flexibility index (Phi) is 5.05. The monoisotopic (exact) mass is 269 g/mol. The summed E-state index contributed by atoms with van der Waals surface area (Å²) < 4.78 is 5.23. The van der Waals surface area contributed by atoms with Gasteiger partial charge in [-0.05, 0) is 13.5 Å². The number of rotatable bonds is 6. The molecule has 108 valence electrons. The van der Waals surface area contributed by atoms with E-state index in [1.54, 1.807) is 0 Å². The molecule has 1 atom stereocenters. The summed E-state index contributed by atoms with van der Waals surface area (Å²) in [5.74, 6) is 0.403. The van der Waals surface area contributed by atoms with Crippen molar-refractivity contribution in [2.45, 2.75) is 59.0 Å². The predicted molar refractivity (Wildman–Crippen MR) is 70.8 cm³/mol. The molecule has 1 heterocycles. The number of hydrogen-bond donors (Lipinski definition) is 1. The van der Waals surface area contributed by atoms with Crippen molar-refractivity contribution in [3.05, 3.63) is 11.7 Å². The molecule has 0 bridgehead atoms. The molecule has 1 rings (SSSR count). The van der Waals surface area contributed by atoms with Crippen LogP contribution >= 0.6 is 0 Å². The lowest BCUT2D eigenvalue weighted by Crippen LogP contribution is -2.34. The van der Waals surface area contributed by atoms with Crippen molar-refractivity contribution < 1.29 is 14.4 Å². The third kappa shape index (κ3) is 4.63. The van der Waals surface area contributed by atoms with E-state index in [0.29, 0.717) is 18.3 Å². The Labute approximate surface area is 113 Å². The van der Waals surface area contributed by atoms with Crippen LogP contribution in [0, 0.1) is 0 Å². The molecule has 1 N–H and O–H groups in total. The fraction of sp³-hybridized carbons (Fsp3) is 0.769. The summed E-state index contributed by atoms with van der Waals surface area (Å²) >= 11 is 0. The second-order valence-corrected chi connectivity index (χ2v) is 5.77. The largest absolute Gasteiger partial charge is 0.481 e. The molecule has 0 aliphatic carbocycles. The molecule has 19 heavy (non-hydrogen) atoms. The fourth-order valence-electron chi connectivity index (χ4n) is 1.76. The Morgan fingerprint density at radius 3 is 2.53 bits per heavy atom. The molecule has 0 saturated carbocycles. The molecular weight excluding hydrogens is 246 g/mol. The molecule has 0 aliphatic heterocycles. The number of aliphatic carboxylic acids is 1. The minimum atomic E-state index is -0.799. The highest BCUT2D eigenvalue weighted by atomic mass is 16.5. The van der Waals surface area contributed by atoms with Gasteiger partial charge < -0.3 is 9.63 Å². The summed E-state index contributed by atoms with van der Waals surface area (Å²) in [6, 6.07) is -0.0625. The molecule has 6 nitrogen and oxygen atoms in total. The van der Waals surface area contributed by atoms with Crippen LogP contribution in [0.4, 0.5) is 0 Å². The van der Waals surface area contributed by atoms with Gasteiger partial charge in [0.2, 0.25) is 5.89 Å². The zero-order valence-corrected chi connectivity index (χ0v) is 12.3. The molecule has 6 heteroatoms. The summed E-state index contributed by atoms with van der Waals surface area (Å²) in [6.45, 7) is 11.2. The maximum absolute atomic E-state index is 10.7. The minimum Gasteiger partial charge on any atom is -0.481 e. The first kappa shape index (κ1) is 15.6. The Morgan fingerprint density at radius 2 is 2.11 bits per heavy atom. The molecule has 1 unspecified atom stereocenters. The van der Waals surface area contributed by atoms with Gasteiger partial charge in [-0.25, -0.2) is 0 Å². The van der Waals surface area contributed by atoms with Gasteiger partial charge in [-0.1, -0.05) is 32.9 Å². The van der Waals surface area contributed by atoms with Gasteiger partial charge in [-0.15, -0.1) is 0 Å². The van der Waals surface area contributed by atoms with Crippen molar-refractivity contribution in [3.8, 4) is 0 Å². The van der Waals surface area contributed by atoms with E-state index in [1.807, 2.05) is 39.5 Å². The van der Waals surface area contributed by atoms with Gasteiger partial charge >= 0.3 is 5.97 Å². The van der Waals surface area contributed by atoms with Crippen molar-refractivity contribution in [1.82, 2.24) is 15.0 Å². The van der Waals surface area contributed by atoms with Crippen LogP contribution in [0.3, 0.4) is 0 Å². The van der Waals surface area contributed by atoms with Gasteiger partial charge in [0.05, 0.1) is 13.0 Å². The maximum Gasteiger partial charge on any atom is 0.304 e. The third-order valence-corrected chi connectivity index (χ3v) is 2.98. The van der Waals surface area contributed by atoms with E-state index >= 15 is 0 Å². The molecule has 0 radical (unpaired) electrons. The predicted octanol–water partition coefficient (Wildman–Crippen LogP) is 2.05. The molecule has 0 aromatic carbocycles. The van der Waals surface area contributed by atoms with Gasteiger partial charge in [0, 0.05) is 11.5 Å². The molecule has 0 aliphatic rings. The van der Waals surface area contributed by atoms with Crippen LogP contribution in [0.25, 0.3) is 0 Å². The average molecular weight is 269 g/mol. The first-order valence-corrected chi connectivity index (χ1v) is 6.53. The van der Waals surface area contributed by atoms with Crippen molar-refractivity contribution in [2.75, 3.05) is 6.54 Å². The summed E-state index contributed by atoms with van der Waals surface area (Å²) in [6.07, 6.45) is 0.105. The van der Waals surface area contributed by atoms with Crippen LogP contribution in [0.1, 0.15) is 52.8 Å². The molecule has 1 aromatic heterocycles. The first-order chi connectivity index (χ1) is 8.74. The Balaban J connectivity index is 2.71. The van der Waals surface area contributed by atoms with Crippen molar-refractivity contribution in [2.24, 2.45) is 0 Å². The second-order valence-electron chi connectivity index (χ2n) is 5.77. The van der Waals surface area contributed by atoms with Crippen LogP contribution < -0.4 is 0 Å². The highest BCUT2D eigenvalue weighted by molar-refractivity contribution is 5.67. The molecule has 0 saturated heterocycles. The number of carboxylic acid groups (broad SMARTS) is 1. The number of aromatic nitrogens is 2. The standard InChI is InChI=1S/C13H23N3O3/c1-6-16(9(2)7-11(17)18)8-10-14-12(15-19-10)13(3,4)5/h9H,6-8H2,1-5H3,(H,17,18). The van der Waals surface area contributed by atoms with Crippen LogP contribution in [0.15, 0.2) is 4.52 Å². The fourth-order valence-corrected chi connectivity index (χ4v) is 1.76. The maximum atomic E-state index is 10.7. The van der Waals surface area contributed by atoms with E-state index in [2.05, 4.69) is 10.1 Å². The lowest BCUT2D eigenvalue weighted by molar-refractivity contribution is -0.138. The zero-order chi connectivity index (χ0) is 14.6. The SMILES string of the molecule is CCN(Cc1nc(C(C)(C)C)no1)C(C)CC(=O)O. The number of nitrogens with zero attached hydrogens (tertiary/aromatic N) is 3. The second kappa shape index (κ2) is 6.14. The molecule has 0 spiro atoms. The van der Waals surface area contributed by atoms with Crippen LogP contribution in [0.5, 0.6) is 0 Å². The molecular formula is C13H23N3O3. The minimum absolute atomic E-state index is 0.0625. The summed E-state index contributed by atoms with van der Waals surface area (Å²) in [7, 11) is 0. The lowest BCUT2D eigenvalue weighted by atomic mass is 9.96. The molecule has 0 amide bonds. The van der Waals surface area contributed by atoms with E-state index in [9.17, 15) is 4.79 Å². The highest BCUT2D eigenvalue weighted by Crippen LogP contribution is 2.19. The van der Waals surface area contributed by atoms with E-state index in [0.717, 1.165) is 6.54 Å². The zero-order valence-electron chi connectivity index (χ0n) is 12.3. The van der Waals surface area contributed by atoms with Crippen LogP contribution in [-0.2, 0) is 16.8 Å². The Hall–Kier alpha value is -1.43. The topological polar surface area (TPSA) is 79.5 Å². The number of carboxylic acids is 1. The Morgan fingerprint density at radius 1 is 1.47 bits per heavy atom. The van der Waals surface area contributed by atoms with Crippen LogP contribution in [0.2, 0.25) is 0 Å². The van der Waals surface area contributed by atoms with Crippen molar-refractivity contribution in [3.63, 3.8) is 0 Å². The third-order valence-electron chi connectivity index (χ3n) is 2.98. The Bertz CT molecular complexity index is 423. The summed E-state index contributed by atoms with van der Waals surface area (Å²) in [5, 5.41) is 12.8. The highest BCUT2D eigenvalue weighted by Gasteiger charge is 2.23. The van der Waals surface area contributed by atoms with Gasteiger partial charge in [-0.2, -0.15) is 4.98 Å². The normalized spacial score (nSPS) is 13.8. The van der Waals surface area contributed by atoms with Gasteiger partial charge in [0.1, 0.15) is 0 Å². The smallest absolute Gasteiger partial charge is 0.304 e. The van der Waals surface area contributed by atoms with Crippen LogP contribution in [-0.4, -0.2) is 38.7 Å². The first-order valence-electron chi connectivity index (χ1n) is 6.53. The van der Waals surface area contributed by atoms with Gasteiger partial charge in [-0.3, -0.25) is 9.69 Å². The number of carbonyl (C=O) groups is 1. The lowest BCUT2D eigenvalue weighted by Gasteiger charge is -2.24. The van der Waals surface area contributed by atoms with Gasteiger partial charge in [0.25, 0.3) is 0 Å². The quantitative estimate of drug-likeness (QED) is 0.851. The summed E-state index contributed by atoms with van der Waals surface area (Å²) in [5.41, 5.74) is -0.147. The average Bonchev–Trinajstić information content (AvgIpc) is 2.72. The van der Waals surface area contributed by atoms with Crippen molar-refractivity contribution in [1.29, 1.82) is 0 Å². The number of hydrogen-bond acceptors (Lipinski definition) is 5. The van der Waals surface area contributed by atoms with E-state index in [-0.39, 0.29) is 17.9 Å². The van der Waals surface area contributed by atoms with Gasteiger partial charge in [0.15, 0.2) is 5.82 Å². The van der Waals surface area contributed by atoms with E-state index < -0.39 is 5.97 Å².